The van der Waals surface area contributed by atoms with E-state index in [-0.39, 0.29) is 0 Å². The second kappa shape index (κ2) is 23.3. The standard InChI is InChI=1S/C28H29N3.2C7H8.2C2H6/c1-4-23(24-18-15-21(2)16-19-24)20-17-22(3)28-29-27(25-11-7-5-8-12-25)30-31(28)26-13-9-6-10-14-26;2*1-7-5-3-2-4-6-7;2*1-2/h5-15,17-21H,4,16H2,1-3H3;2*2-6H,1H3;2*1-2H3/b22-17+,23-20+;;;;. The van der Waals surface area contributed by atoms with E-state index >= 15 is 0 Å². The molecule has 0 aliphatic heterocycles. The lowest BCUT2D eigenvalue weighted by atomic mass is 9.92. The second-order valence-corrected chi connectivity index (χ2v) is 11.3. The van der Waals surface area contributed by atoms with E-state index in [2.05, 4.69) is 101 Å². The van der Waals surface area contributed by atoms with E-state index in [0.29, 0.717) is 5.92 Å². The minimum Gasteiger partial charge on any atom is -0.213 e. The minimum absolute atomic E-state index is 0.625. The maximum atomic E-state index is 4.91. The van der Waals surface area contributed by atoms with Crippen molar-refractivity contribution in [3.63, 3.8) is 0 Å². The highest BCUT2D eigenvalue weighted by Crippen LogP contribution is 2.26. The summed E-state index contributed by atoms with van der Waals surface area (Å²) >= 11 is 0. The number of para-hydroxylation sites is 1. The van der Waals surface area contributed by atoms with E-state index in [1.807, 2.05) is 117 Å². The first-order valence-corrected chi connectivity index (χ1v) is 17.8. The maximum Gasteiger partial charge on any atom is 0.182 e. The number of aromatic nitrogens is 3. The fourth-order valence-electron chi connectivity index (χ4n) is 4.78. The number of hydrogen-bond donors (Lipinski definition) is 0. The molecule has 4 aromatic carbocycles. The van der Waals surface area contributed by atoms with Crippen LogP contribution in [0, 0.1) is 19.8 Å². The molecule has 0 saturated carbocycles. The molecule has 1 atom stereocenters. The van der Waals surface area contributed by atoms with Gasteiger partial charge in [-0.05, 0) is 68.4 Å². The summed E-state index contributed by atoms with van der Waals surface area (Å²) in [5.74, 6) is 2.22. The van der Waals surface area contributed by atoms with Gasteiger partial charge in [0.1, 0.15) is 0 Å². The Morgan fingerprint density at radius 3 is 1.63 bits per heavy atom. The Morgan fingerprint density at radius 1 is 0.714 bits per heavy atom. The van der Waals surface area contributed by atoms with E-state index in [1.165, 1.54) is 22.3 Å². The number of benzene rings is 4. The van der Waals surface area contributed by atoms with Crippen LogP contribution < -0.4 is 0 Å². The third kappa shape index (κ3) is 13.9. The molecule has 5 aromatic rings. The largest absolute Gasteiger partial charge is 0.213 e. The second-order valence-electron chi connectivity index (χ2n) is 11.3. The Bertz CT molecular complexity index is 1670. The van der Waals surface area contributed by atoms with E-state index < -0.39 is 0 Å². The summed E-state index contributed by atoms with van der Waals surface area (Å²) in [5, 5.41) is 4.84. The monoisotopic (exact) mass is 651 g/mol. The molecule has 3 heteroatoms. The molecule has 0 radical (unpaired) electrons. The van der Waals surface area contributed by atoms with E-state index in [9.17, 15) is 0 Å². The molecule has 1 aliphatic rings. The molecule has 0 N–H and O–H groups in total. The molecular weight excluding hydrogens is 595 g/mol. The van der Waals surface area contributed by atoms with Gasteiger partial charge < -0.3 is 0 Å². The molecule has 1 unspecified atom stereocenters. The van der Waals surface area contributed by atoms with Crippen LogP contribution in [0.2, 0.25) is 0 Å². The third-order valence-corrected chi connectivity index (χ3v) is 7.47. The zero-order valence-corrected chi connectivity index (χ0v) is 31.3. The number of hydrogen-bond acceptors (Lipinski definition) is 2. The van der Waals surface area contributed by atoms with Crippen molar-refractivity contribution in [2.24, 2.45) is 5.92 Å². The Kier molecular flexibility index (Phi) is 19.1. The SMILES string of the molecule is CC.CC.CC/C(=C\C=C(/C)c1nc(-c2ccccc2)nn1-c1ccccc1)C1=CCC(C)C=C1.Cc1ccccc1.Cc1ccccc1. The van der Waals surface area contributed by atoms with Crippen LogP contribution in [0.25, 0.3) is 22.6 Å². The molecule has 0 spiro atoms. The van der Waals surface area contributed by atoms with Crippen LogP contribution in [-0.4, -0.2) is 14.8 Å². The highest BCUT2D eigenvalue weighted by Gasteiger charge is 2.14. The lowest BCUT2D eigenvalue weighted by Crippen LogP contribution is -2.01. The van der Waals surface area contributed by atoms with Gasteiger partial charge in [-0.3, -0.25) is 0 Å². The number of nitrogens with zero attached hydrogens (tertiary/aromatic N) is 3. The van der Waals surface area contributed by atoms with Crippen molar-refractivity contribution in [3.8, 4) is 17.1 Å². The summed E-state index contributed by atoms with van der Waals surface area (Å²) < 4.78 is 1.94. The number of aryl methyl sites for hydroxylation is 2. The van der Waals surface area contributed by atoms with Gasteiger partial charge in [-0.2, -0.15) is 0 Å². The van der Waals surface area contributed by atoms with Crippen molar-refractivity contribution in [2.45, 2.75) is 75.2 Å². The molecule has 0 saturated heterocycles. The van der Waals surface area contributed by atoms with E-state index in [4.69, 9.17) is 10.1 Å². The van der Waals surface area contributed by atoms with Crippen molar-refractivity contribution >= 4 is 5.57 Å². The van der Waals surface area contributed by atoms with Gasteiger partial charge in [-0.1, -0.05) is 192 Å². The summed E-state index contributed by atoms with van der Waals surface area (Å²) in [6.07, 6.45) is 13.4. The zero-order valence-electron chi connectivity index (χ0n) is 31.3. The van der Waals surface area contributed by atoms with Gasteiger partial charge in [-0.25, -0.2) is 9.67 Å². The first-order chi connectivity index (χ1) is 23.9. The molecule has 1 aliphatic carbocycles. The molecule has 0 bridgehead atoms. The predicted molar refractivity (Wildman–Crippen MR) is 215 cm³/mol. The first-order valence-electron chi connectivity index (χ1n) is 17.8. The van der Waals surface area contributed by atoms with Crippen molar-refractivity contribution in [3.05, 3.63) is 180 Å². The van der Waals surface area contributed by atoms with Gasteiger partial charge in [0.15, 0.2) is 11.6 Å². The van der Waals surface area contributed by atoms with Crippen LogP contribution in [0.4, 0.5) is 0 Å². The summed E-state index contributed by atoms with van der Waals surface area (Å²) in [7, 11) is 0. The molecule has 0 fully saturated rings. The lowest BCUT2D eigenvalue weighted by molar-refractivity contribution is 0.731. The minimum atomic E-state index is 0.625. The number of allylic oxidation sites excluding steroid dienone is 8. The van der Waals surface area contributed by atoms with Gasteiger partial charge in [-0.15, -0.1) is 5.10 Å². The smallest absolute Gasteiger partial charge is 0.182 e. The summed E-state index contributed by atoms with van der Waals surface area (Å²) in [5.41, 5.74) is 8.42. The van der Waals surface area contributed by atoms with Crippen LogP contribution in [0.15, 0.2) is 163 Å². The van der Waals surface area contributed by atoms with Crippen molar-refractivity contribution in [2.75, 3.05) is 0 Å². The Balaban J connectivity index is 0.000000377. The Morgan fingerprint density at radius 2 is 1.20 bits per heavy atom. The van der Waals surface area contributed by atoms with E-state index in [1.54, 1.807) is 0 Å². The molecule has 3 nitrogen and oxygen atoms in total. The highest BCUT2D eigenvalue weighted by molar-refractivity contribution is 5.65. The van der Waals surface area contributed by atoms with Crippen LogP contribution >= 0.6 is 0 Å². The van der Waals surface area contributed by atoms with E-state index in [0.717, 1.165) is 41.3 Å². The molecule has 49 heavy (non-hydrogen) atoms. The predicted octanol–water partition coefficient (Wildman–Crippen LogP) is 13.2. The normalized spacial score (nSPS) is 13.5. The van der Waals surface area contributed by atoms with Gasteiger partial charge in [0.25, 0.3) is 0 Å². The van der Waals surface area contributed by atoms with Crippen molar-refractivity contribution in [1.29, 1.82) is 0 Å². The van der Waals surface area contributed by atoms with Crippen LogP contribution in [0.1, 0.15) is 78.3 Å². The van der Waals surface area contributed by atoms with Gasteiger partial charge in [0.2, 0.25) is 0 Å². The van der Waals surface area contributed by atoms with Crippen LogP contribution in [-0.2, 0) is 0 Å². The van der Waals surface area contributed by atoms with Gasteiger partial charge in [0.05, 0.1) is 5.69 Å². The summed E-state index contributed by atoms with van der Waals surface area (Å²) in [4.78, 5) is 4.91. The molecule has 0 amide bonds. The molecule has 1 aromatic heterocycles. The number of rotatable bonds is 6. The van der Waals surface area contributed by atoms with Crippen LogP contribution in [0.3, 0.4) is 0 Å². The maximum absolute atomic E-state index is 4.91. The molecule has 256 valence electrons. The lowest BCUT2D eigenvalue weighted by Gasteiger charge is -2.13. The van der Waals surface area contributed by atoms with Gasteiger partial charge in [0, 0.05) is 5.56 Å². The topological polar surface area (TPSA) is 30.7 Å². The van der Waals surface area contributed by atoms with Crippen molar-refractivity contribution in [1.82, 2.24) is 14.8 Å². The average molecular weight is 652 g/mol. The first kappa shape index (κ1) is 40.2. The fraction of sp³-hybridized carbons (Fsp3) is 0.261. The summed E-state index contributed by atoms with van der Waals surface area (Å²) in [6, 6.07) is 40.9. The average Bonchev–Trinajstić information content (AvgIpc) is 3.62. The quantitative estimate of drug-likeness (QED) is 0.171. The molecule has 6 rings (SSSR count). The fourth-order valence-corrected chi connectivity index (χ4v) is 4.78. The third-order valence-electron chi connectivity index (χ3n) is 7.47. The Labute approximate surface area is 297 Å². The van der Waals surface area contributed by atoms with Crippen LogP contribution in [0.5, 0.6) is 0 Å². The molecule has 1 heterocycles. The Hall–Kier alpha value is -5.02. The highest BCUT2D eigenvalue weighted by atomic mass is 15.4. The summed E-state index contributed by atoms with van der Waals surface area (Å²) in [6.45, 7) is 18.7. The van der Waals surface area contributed by atoms with Crippen molar-refractivity contribution < 1.29 is 0 Å². The molecular formula is C46H57N3. The van der Waals surface area contributed by atoms with Gasteiger partial charge >= 0.3 is 0 Å². The zero-order chi connectivity index (χ0) is 35.9.